The SMILES string of the molecule is C[N+](C)(CC#CC[N+](C)(C)CC1CO1)CC1CO1.[O-][Cl+3]([O-])([O-])[O-].[O-][Cl+3]([O-])([O-])[O-]. The van der Waals surface area contributed by atoms with E-state index in [0.717, 1.165) is 48.4 Å². The van der Waals surface area contributed by atoms with Crippen LogP contribution in [0.4, 0.5) is 0 Å². The summed E-state index contributed by atoms with van der Waals surface area (Å²) in [7, 11) is -1.02. The van der Waals surface area contributed by atoms with Crippen LogP contribution in [-0.4, -0.2) is 88.8 Å². The molecule has 0 N–H and O–H groups in total. The fraction of sp³-hybridized carbons (Fsp3) is 0.857. The Morgan fingerprint density at radius 3 is 1.07 bits per heavy atom. The minimum absolute atomic E-state index is 0.473. The molecule has 2 rings (SSSR count). The molecule has 0 aromatic carbocycles. The minimum atomic E-state index is -4.94. The Morgan fingerprint density at radius 2 is 0.893 bits per heavy atom. The lowest BCUT2D eigenvalue weighted by atomic mass is 10.3. The molecule has 2 saturated heterocycles. The highest BCUT2D eigenvalue weighted by atomic mass is 35.7. The highest BCUT2D eigenvalue weighted by Gasteiger charge is 2.32. The lowest BCUT2D eigenvalue weighted by Gasteiger charge is -2.27. The summed E-state index contributed by atoms with van der Waals surface area (Å²) in [6.07, 6.45) is 0.946. The molecule has 0 saturated carbocycles. The van der Waals surface area contributed by atoms with Crippen molar-refractivity contribution in [3.63, 3.8) is 0 Å². The average Bonchev–Trinajstić information content (AvgIpc) is 3.28. The first kappa shape index (κ1) is 27.7. The Morgan fingerprint density at radius 1 is 0.679 bits per heavy atom. The summed E-state index contributed by atoms with van der Waals surface area (Å²) < 4.78 is 80.3. The normalized spacial score (nSPS) is 21.3. The van der Waals surface area contributed by atoms with Crippen LogP contribution in [0.3, 0.4) is 0 Å². The summed E-state index contributed by atoms with van der Waals surface area (Å²) in [6.45, 7) is 5.81. The van der Waals surface area contributed by atoms with E-state index in [2.05, 4.69) is 40.0 Å². The van der Waals surface area contributed by atoms with Crippen molar-refractivity contribution in [2.45, 2.75) is 12.2 Å². The lowest BCUT2D eigenvalue weighted by Crippen LogP contribution is -2.68. The van der Waals surface area contributed by atoms with E-state index in [1.54, 1.807) is 0 Å². The molecular weight excluding hydrogens is 427 g/mol. The molecule has 2 heterocycles. The van der Waals surface area contributed by atoms with Crippen LogP contribution in [0, 0.1) is 32.3 Å². The van der Waals surface area contributed by atoms with Gasteiger partial charge in [0.25, 0.3) is 0 Å². The standard InChI is InChI=1S/C14H26N2O2.2ClHO4/c1-15(2,9-13-11-17-13)7-5-6-8-16(3,4)10-14-12-18-14;2*2-1(3,4)5/h13-14H,7-12H2,1-4H3;2*(H,2,3,4,5)/q+2;;/p-2. The second kappa shape index (κ2) is 11.2. The van der Waals surface area contributed by atoms with E-state index in [1.807, 2.05) is 0 Å². The molecule has 0 spiro atoms. The summed E-state index contributed by atoms with van der Waals surface area (Å²) in [5.74, 6) is 6.64. The molecule has 0 radical (unpaired) electrons. The van der Waals surface area contributed by atoms with Crippen LogP contribution in [0.1, 0.15) is 0 Å². The van der Waals surface area contributed by atoms with Gasteiger partial charge in [0.1, 0.15) is 38.4 Å². The van der Waals surface area contributed by atoms with Crippen molar-refractivity contribution >= 4 is 0 Å². The monoisotopic (exact) mass is 452 g/mol. The van der Waals surface area contributed by atoms with Crippen LogP contribution >= 0.6 is 0 Å². The van der Waals surface area contributed by atoms with E-state index in [1.165, 1.54) is 0 Å². The Hall–Kier alpha value is -0.340. The second-order valence-corrected chi connectivity index (χ2v) is 9.08. The number of likely N-dealkylation sites (N-methyl/N-ethyl adjacent to an activating group) is 2. The van der Waals surface area contributed by atoms with E-state index >= 15 is 0 Å². The average molecular weight is 453 g/mol. The fourth-order valence-electron chi connectivity index (χ4n) is 2.12. The largest absolute Gasteiger partial charge is 0.367 e. The summed E-state index contributed by atoms with van der Waals surface area (Å²) >= 11 is 0. The third-order valence-corrected chi connectivity index (χ3v) is 3.34. The molecule has 2 fully saturated rings. The van der Waals surface area contributed by atoms with Crippen LogP contribution in [0.25, 0.3) is 0 Å². The molecular formula is C14H26Cl2N2O10. The Labute approximate surface area is 168 Å². The van der Waals surface area contributed by atoms with Crippen LogP contribution in [0.2, 0.25) is 0 Å². The first-order valence-corrected chi connectivity index (χ1v) is 10.4. The number of nitrogens with zero attached hydrogens (tertiary/aromatic N) is 2. The Balaban J connectivity index is 0.000000607. The van der Waals surface area contributed by atoms with Gasteiger partial charge < -0.3 is 18.4 Å². The van der Waals surface area contributed by atoms with Crippen LogP contribution in [0.15, 0.2) is 0 Å². The zero-order valence-corrected chi connectivity index (χ0v) is 17.6. The highest BCUT2D eigenvalue weighted by molar-refractivity contribution is 4.99. The van der Waals surface area contributed by atoms with Gasteiger partial charge >= 0.3 is 0 Å². The van der Waals surface area contributed by atoms with E-state index in [-0.39, 0.29) is 0 Å². The molecule has 2 unspecified atom stereocenters. The third-order valence-electron chi connectivity index (χ3n) is 3.34. The quantitative estimate of drug-likeness (QED) is 0.210. The first-order chi connectivity index (χ1) is 12.4. The maximum absolute atomic E-state index is 8.49. The predicted octanol–water partition coefficient (Wildman–Crippen LogP) is -9.57. The highest BCUT2D eigenvalue weighted by Crippen LogP contribution is 2.14. The number of epoxide rings is 2. The third kappa shape index (κ3) is 25.7. The van der Waals surface area contributed by atoms with E-state index in [9.17, 15) is 0 Å². The van der Waals surface area contributed by atoms with Crippen molar-refractivity contribution in [1.29, 1.82) is 0 Å². The Bertz CT molecular complexity index is 461. The predicted molar refractivity (Wildman–Crippen MR) is 70.9 cm³/mol. The molecule has 2 aliphatic rings. The summed E-state index contributed by atoms with van der Waals surface area (Å²) in [5, 5.41) is 0. The number of hydrogen-bond donors (Lipinski definition) is 0. The van der Waals surface area contributed by atoms with E-state index in [0.29, 0.717) is 12.2 Å². The van der Waals surface area contributed by atoms with Crippen LogP contribution < -0.4 is 37.3 Å². The molecule has 12 nitrogen and oxygen atoms in total. The van der Waals surface area contributed by atoms with Gasteiger partial charge in [-0.15, -0.1) is 20.5 Å². The number of halogens is 2. The molecule has 28 heavy (non-hydrogen) atoms. The van der Waals surface area contributed by atoms with Crippen molar-refractivity contribution in [2.75, 3.05) is 67.6 Å². The molecule has 0 aromatic heterocycles. The number of hydrogen-bond acceptors (Lipinski definition) is 10. The van der Waals surface area contributed by atoms with Crippen molar-refractivity contribution in [3.8, 4) is 11.8 Å². The molecule has 2 atom stereocenters. The second-order valence-electron chi connectivity index (χ2n) is 7.57. The van der Waals surface area contributed by atoms with Gasteiger partial charge in [-0.1, -0.05) is 0 Å². The maximum Gasteiger partial charge on any atom is 0.140 e. The number of quaternary nitrogens is 2. The molecule has 0 amide bonds. The van der Waals surface area contributed by atoms with Gasteiger partial charge in [0.15, 0.2) is 0 Å². The van der Waals surface area contributed by atoms with E-state index < -0.39 is 20.5 Å². The summed E-state index contributed by atoms with van der Waals surface area (Å²) in [4.78, 5) is 0. The van der Waals surface area contributed by atoms with Crippen molar-refractivity contribution in [2.24, 2.45) is 0 Å². The van der Waals surface area contributed by atoms with Crippen LogP contribution in [0.5, 0.6) is 0 Å². The fourth-order valence-corrected chi connectivity index (χ4v) is 2.12. The van der Waals surface area contributed by atoms with Crippen molar-refractivity contribution in [1.82, 2.24) is 0 Å². The summed E-state index contributed by atoms with van der Waals surface area (Å²) in [6, 6.07) is 0. The minimum Gasteiger partial charge on any atom is -0.367 e. The van der Waals surface area contributed by atoms with Crippen LogP contribution in [-0.2, 0) is 9.47 Å². The van der Waals surface area contributed by atoms with Gasteiger partial charge in [-0.05, 0) is 11.8 Å². The molecule has 166 valence electrons. The van der Waals surface area contributed by atoms with Gasteiger partial charge in [0, 0.05) is 0 Å². The van der Waals surface area contributed by atoms with Crippen molar-refractivity contribution < 1.29 is 76.2 Å². The van der Waals surface area contributed by atoms with E-state index in [4.69, 9.17) is 46.7 Å². The zero-order valence-electron chi connectivity index (χ0n) is 16.1. The van der Waals surface area contributed by atoms with Gasteiger partial charge in [0.05, 0.1) is 41.4 Å². The molecule has 14 heteroatoms. The van der Waals surface area contributed by atoms with Crippen molar-refractivity contribution in [3.05, 3.63) is 0 Å². The van der Waals surface area contributed by atoms with Gasteiger partial charge in [-0.25, -0.2) is 37.3 Å². The summed E-state index contributed by atoms with van der Waals surface area (Å²) in [5.41, 5.74) is 0. The first-order valence-electron chi connectivity index (χ1n) is 7.93. The molecule has 0 aliphatic carbocycles. The van der Waals surface area contributed by atoms with Gasteiger partial charge in [-0.2, -0.15) is 0 Å². The molecule has 0 aromatic rings. The van der Waals surface area contributed by atoms with Gasteiger partial charge in [0.2, 0.25) is 0 Å². The maximum atomic E-state index is 8.49. The number of ether oxygens (including phenoxy) is 2. The van der Waals surface area contributed by atoms with Gasteiger partial charge in [-0.3, -0.25) is 0 Å². The lowest BCUT2D eigenvalue weighted by molar-refractivity contribution is -2.00. The Kier molecular flexibility index (Phi) is 11.0. The zero-order chi connectivity index (χ0) is 22.2. The number of rotatable bonds is 6. The molecule has 0 bridgehead atoms. The smallest absolute Gasteiger partial charge is 0.140 e. The molecule has 2 aliphatic heterocycles. The topological polar surface area (TPSA) is 210 Å².